The van der Waals surface area contributed by atoms with Crippen LogP contribution in [0.4, 0.5) is 5.69 Å². The minimum atomic E-state index is 0.580. The Kier molecular flexibility index (Phi) is 4.29. The first-order chi connectivity index (χ1) is 9.20. The van der Waals surface area contributed by atoms with Crippen LogP contribution in [0.5, 0.6) is 5.75 Å². The van der Waals surface area contributed by atoms with E-state index in [1.807, 2.05) is 50.2 Å². The van der Waals surface area contributed by atoms with Crippen LogP contribution >= 0.6 is 0 Å². The highest BCUT2D eigenvalue weighted by Crippen LogP contribution is 2.32. The van der Waals surface area contributed by atoms with Crippen molar-refractivity contribution in [3.05, 3.63) is 59.2 Å². The topological polar surface area (TPSA) is 34.0 Å². The number of ether oxygens (including phenoxy) is 1. The van der Waals surface area contributed by atoms with Gasteiger partial charge in [0.25, 0.3) is 0 Å². The highest BCUT2D eigenvalue weighted by molar-refractivity contribution is 5.57. The zero-order valence-corrected chi connectivity index (χ0v) is 11.6. The van der Waals surface area contributed by atoms with Crippen LogP contribution in [0, 0.1) is 13.8 Å². The van der Waals surface area contributed by atoms with Gasteiger partial charge in [0.2, 0.25) is 0 Å². The van der Waals surface area contributed by atoms with Crippen LogP contribution in [-0.2, 0) is 6.54 Å². The average molecular weight is 254 g/mol. The van der Waals surface area contributed by atoms with Gasteiger partial charge >= 0.3 is 0 Å². The fourth-order valence-corrected chi connectivity index (χ4v) is 2.05. The number of hydrogen-bond acceptors (Lipinski definition) is 3. The van der Waals surface area contributed by atoms with Crippen molar-refractivity contribution in [3.63, 3.8) is 0 Å². The van der Waals surface area contributed by atoms with Gasteiger partial charge in [-0.05, 0) is 36.6 Å². The third-order valence-electron chi connectivity index (χ3n) is 2.88. The van der Waals surface area contributed by atoms with Crippen molar-refractivity contribution in [2.75, 3.05) is 7.11 Å². The van der Waals surface area contributed by atoms with Crippen LogP contribution in [0.3, 0.4) is 0 Å². The van der Waals surface area contributed by atoms with Crippen LogP contribution in [0.1, 0.15) is 16.7 Å². The zero-order chi connectivity index (χ0) is 13.7. The lowest BCUT2D eigenvalue weighted by molar-refractivity contribution is 0.412. The van der Waals surface area contributed by atoms with Crippen LogP contribution in [0.2, 0.25) is 0 Å². The predicted molar refractivity (Wildman–Crippen MR) is 77.1 cm³/mol. The summed E-state index contributed by atoms with van der Waals surface area (Å²) in [6, 6.07) is 14.1. The molecular formula is C16H18N2O. The number of rotatable bonds is 4. The molecule has 3 nitrogen and oxygen atoms in total. The van der Waals surface area contributed by atoms with Crippen molar-refractivity contribution in [1.82, 2.24) is 0 Å². The highest BCUT2D eigenvalue weighted by atomic mass is 16.5. The Labute approximate surface area is 114 Å². The summed E-state index contributed by atoms with van der Waals surface area (Å²) < 4.78 is 5.38. The normalized spacial score (nSPS) is 10.9. The second kappa shape index (κ2) is 6.14. The summed E-state index contributed by atoms with van der Waals surface area (Å²) in [5, 5.41) is 8.54. The molecule has 0 unspecified atom stereocenters. The minimum absolute atomic E-state index is 0.580. The summed E-state index contributed by atoms with van der Waals surface area (Å²) >= 11 is 0. The molecule has 0 aliphatic carbocycles. The lowest BCUT2D eigenvalue weighted by Gasteiger charge is -2.08. The average Bonchev–Trinajstić information content (AvgIpc) is 2.39. The van der Waals surface area contributed by atoms with Crippen molar-refractivity contribution < 1.29 is 4.74 Å². The lowest BCUT2D eigenvalue weighted by atomic mass is 10.1. The molecule has 0 aliphatic heterocycles. The van der Waals surface area contributed by atoms with E-state index >= 15 is 0 Å². The Balaban J connectivity index is 2.19. The molecule has 2 rings (SSSR count). The van der Waals surface area contributed by atoms with Gasteiger partial charge in [0.15, 0.2) is 0 Å². The summed E-state index contributed by atoms with van der Waals surface area (Å²) in [4.78, 5) is 0. The van der Waals surface area contributed by atoms with Gasteiger partial charge in [-0.3, -0.25) is 0 Å². The summed E-state index contributed by atoms with van der Waals surface area (Å²) in [5.74, 6) is 0.794. The van der Waals surface area contributed by atoms with Gasteiger partial charge in [-0.15, -0.1) is 0 Å². The smallest absolute Gasteiger partial charge is 0.149 e. The first kappa shape index (κ1) is 13.3. The van der Waals surface area contributed by atoms with E-state index in [0.29, 0.717) is 6.54 Å². The molecule has 2 aromatic rings. The lowest BCUT2D eigenvalue weighted by Crippen LogP contribution is -1.89. The van der Waals surface area contributed by atoms with Crippen molar-refractivity contribution in [2.24, 2.45) is 10.2 Å². The number of azo groups is 1. The molecule has 0 saturated carbocycles. The van der Waals surface area contributed by atoms with Crippen LogP contribution < -0.4 is 4.74 Å². The van der Waals surface area contributed by atoms with Gasteiger partial charge in [0.05, 0.1) is 13.7 Å². The number of methoxy groups -OCH3 is 1. The molecule has 0 amide bonds. The summed E-state index contributed by atoms with van der Waals surface area (Å²) in [5.41, 5.74) is 4.17. The molecule has 0 aromatic heterocycles. The Morgan fingerprint density at radius 1 is 1.05 bits per heavy atom. The number of hydrogen-bond donors (Lipinski definition) is 0. The van der Waals surface area contributed by atoms with E-state index in [0.717, 1.165) is 28.1 Å². The monoisotopic (exact) mass is 254 g/mol. The van der Waals surface area contributed by atoms with Gasteiger partial charge in [-0.2, -0.15) is 10.2 Å². The predicted octanol–water partition coefficient (Wildman–Crippen LogP) is 4.60. The van der Waals surface area contributed by atoms with E-state index in [1.165, 1.54) is 0 Å². The summed E-state index contributed by atoms with van der Waals surface area (Å²) in [6.45, 7) is 4.64. The standard InChI is InChI=1S/C16H18N2O/c1-12-9-13(2)16(19-3)15(10-12)18-17-11-14-7-5-4-6-8-14/h4-10H,11H2,1-3H3. The number of benzene rings is 2. The molecule has 0 bridgehead atoms. The SMILES string of the molecule is COc1c(C)cc(C)cc1N=NCc1ccccc1. The first-order valence-electron chi connectivity index (χ1n) is 6.27. The van der Waals surface area contributed by atoms with Crippen LogP contribution in [0.25, 0.3) is 0 Å². The summed E-state index contributed by atoms with van der Waals surface area (Å²) in [7, 11) is 1.66. The highest BCUT2D eigenvalue weighted by Gasteiger charge is 2.06. The fraction of sp³-hybridized carbons (Fsp3) is 0.250. The van der Waals surface area contributed by atoms with Gasteiger partial charge in [-0.25, -0.2) is 0 Å². The van der Waals surface area contributed by atoms with Crippen LogP contribution in [0.15, 0.2) is 52.7 Å². The van der Waals surface area contributed by atoms with Gasteiger partial charge in [-0.1, -0.05) is 36.4 Å². The van der Waals surface area contributed by atoms with E-state index in [2.05, 4.69) is 16.3 Å². The molecule has 0 radical (unpaired) electrons. The zero-order valence-electron chi connectivity index (χ0n) is 11.6. The number of aryl methyl sites for hydroxylation is 2. The Hall–Kier alpha value is -2.16. The minimum Gasteiger partial charge on any atom is -0.494 e. The van der Waals surface area contributed by atoms with Gasteiger partial charge in [0.1, 0.15) is 11.4 Å². The molecular weight excluding hydrogens is 236 g/mol. The molecule has 98 valence electrons. The Bertz CT molecular complexity index is 577. The van der Waals surface area contributed by atoms with E-state index < -0.39 is 0 Å². The second-order valence-corrected chi connectivity index (χ2v) is 4.52. The summed E-state index contributed by atoms with van der Waals surface area (Å²) in [6.07, 6.45) is 0. The van der Waals surface area contributed by atoms with Gasteiger partial charge < -0.3 is 4.74 Å². The molecule has 3 heteroatoms. The largest absolute Gasteiger partial charge is 0.494 e. The number of nitrogens with zero attached hydrogens (tertiary/aromatic N) is 2. The van der Waals surface area contributed by atoms with Crippen LogP contribution in [-0.4, -0.2) is 7.11 Å². The molecule has 2 aromatic carbocycles. The van der Waals surface area contributed by atoms with E-state index in [9.17, 15) is 0 Å². The van der Waals surface area contributed by atoms with Crippen molar-refractivity contribution in [1.29, 1.82) is 0 Å². The third-order valence-corrected chi connectivity index (χ3v) is 2.88. The van der Waals surface area contributed by atoms with Crippen molar-refractivity contribution in [3.8, 4) is 5.75 Å². The van der Waals surface area contributed by atoms with E-state index in [1.54, 1.807) is 7.11 Å². The molecule has 0 aliphatic rings. The molecule has 0 N–H and O–H groups in total. The third kappa shape index (κ3) is 3.41. The van der Waals surface area contributed by atoms with Crippen molar-refractivity contribution >= 4 is 5.69 Å². The molecule has 0 fully saturated rings. The van der Waals surface area contributed by atoms with Gasteiger partial charge in [0, 0.05) is 0 Å². The second-order valence-electron chi connectivity index (χ2n) is 4.52. The molecule has 0 atom stereocenters. The fourth-order valence-electron chi connectivity index (χ4n) is 2.05. The maximum absolute atomic E-state index is 5.38. The van der Waals surface area contributed by atoms with Crippen molar-refractivity contribution in [2.45, 2.75) is 20.4 Å². The van der Waals surface area contributed by atoms with E-state index in [-0.39, 0.29) is 0 Å². The first-order valence-corrected chi connectivity index (χ1v) is 6.27. The molecule has 0 heterocycles. The molecule has 19 heavy (non-hydrogen) atoms. The quantitative estimate of drug-likeness (QED) is 0.734. The Morgan fingerprint density at radius 2 is 1.79 bits per heavy atom. The molecule has 0 spiro atoms. The molecule has 0 saturated heterocycles. The van der Waals surface area contributed by atoms with E-state index in [4.69, 9.17) is 4.74 Å². The maximum Gasteiger partial charge on any atom is 0.149 e. The Morgan fingerprint density at radius 3 is 2.47 bits per heavy atom. The maximum atomic E-state index is 5.38.